The summed E-state index contributed by atoms with van der Waals surface area (Å²) in [5, 5.41) is 15.8. The number of non-ortho nitro benzene ring substituents is 1. The number of nitrogens with zero attached hydrogens (tertiary/aromatic N) is 3. The third-order valence-electron chi connectivity index (χ3n) is 3.57. The van der Waals surface area contributed by atoms with Gasteiger partial charge in [0.2, 0.25) is 5.88 Å². The molecule has 0 aliphatic carbocycles. The molecule has 0 radical (unpaired) electrons. The summed E-state index contributed by atoms with van der Waals surface area (Å²) in [6.07, 6.45) is 0. The number of esters is 1. The SMILES string of the molecule is CCn1nc(OC(=O)c2c(Cl)cccc2Cl)c2cc([N+](=O)[O-])ccc21. The van der Waals surface area contributed by atoms with Gasteiger partial charge in [0, 0.05) is 18.7 Å². The Kier molecular flexibility index (Phi) is 4.61. The van der Waals surface area contributed by atoms with E-state index in [4.69, 9.17) is 27.9 Å². The zero-order valence-electron chi connectivity index (χ0n) is 12.9. The fourth-order valence-electron chi connectivity index (χ4n) is 2.40. The Labute approximate surface area is 151 Å². The second-order valence-corrected chi connectivity index (χ2v) is 5.88. The van der Waals surface area contributed by atoms with Crippen molar-refractivity contribution in [1.29, 1.82) is 0 Å². The number of nitro groups is 1. The van der Waals surface area contributed by atoms with Gasteiger partial charge in [-0.25, -0.2) is 4.79 Å². The van der Waals surface area contributed by atoms with Crippen molar-refractivity contribution < 1.29 is 14.5 Å². The van der Waals surface area contributed by atoms with Crippen LogP contribution in [-0.2, 0) is 6.54 Å². The van der Waals surface area contributed by atoms with Crippen LogP contribution in [0.5, 0.6) is 5.88 Å². The van der Waals surface area contributed by atoms with E-state index in [-0.39, 0.29) is 27.2 Å². The Bertz CT molecular complexity index is 980. The highest BCUT2D eigenvalue weighted by atomic mass is 35.5. The summed E-state index contributed by atoms with van der Waals surface area (Å²) in [6.45, 7) is 2.35. The highest BCUT2D eigenvalue weighted by Crippen LogP contribution is 2.31. The molecular formula is C16H11Cl2N3O4. The second kappa shape index (κ2) is 6.70. The molecule has 0 spiro atoms. The molecule has 0 aliphatic heterocycles. The predicted octanol–water partition coefficient (Wildman–Crippen LogP) is 4.49. The zero-order chi connectivity index (χ0) is 18.1. The van der Waals surface area contributed by atoms with Gasteiger partial charge in [0.05, 0.1) is 31.4 Å². The van der Waals surface area contributed by atoms with Gasteiger partial charge in [-0.2, -0.15) is 0 Å². The van der Waals surface area contributed by atoms with Crippen molar-refractivity contribution in [3.05, 3.63) is 62.1 Å². The molecule has 2 aromatic carbocycles. The normalized spacial score (nSPS) is 10.8. The van der Waals surface area contributed by atoms with Gasteiger partial charge in [-0.15, -0.1) is 5.10 Å². The number of aromatic nitrogens is 2. The lowest BCUT2D eigenvalue weighted by atomic mass is 10.2. The van der Waals surface area contributed by atoms with Crippen LogP contribution in [0.2, 0.25) is 10.0 Å². The number of nitro benzene ring substituents is 1. The molecule has 128 valence electrons. The number of fused-ring (bicyclic) bond motifs is 1. The van der Waals surface area contributed by atoms with E-state index >= 15 is 0 Å². The topological polar surface area (TPSA) is 87.3 Å². The number of hydrogen-bond donors (Lipinski definition) is 0. The Hall–Kier alpha value is -2.64. The molecule has 0 N–H and O–H groups in total. The number of halogens is 2. The van der Waals surface area contributed by atoms with Gasteiger partial charge in [0.1, 0.15) is 0 Å². The Morgan fingerprint density at radius 3 is 2.56 bits per heavy atom. The maximum absolute atomic E-state index is 12.4. The number of rotatable bonds is 4. The minimum Gasteiger partial charge on any atom is -0.401 e. The summed E-state index contributed by atoms with van der Waals surface area (Å²) < 4.78 is 6.91. The van der Waals surface area contributed by atoms with Crippen LogP contribution < -0.4 is 4.74 Å². The first-order chi connectivity index (χ1) is 11.9. The Balaban J connectivity index is 2.07. The summed E-state index contributed by atoms with van der Waals surface area (Å²) in [5.41, 5.74) is 0.493. The largest absolute Gasteiger partial charge is 0.401 e. The molecule has 0 unspecified atom stereocenters. The first kappa shape index (κ1) is 17.2. The van der Waals surface area contributed by atoms with Crippen molar-refractivity contribution in [1.82, 2.24) is 9.78 Å². The molecule has 0 fully saturated rings. The van der Waals surface area contributed by atoms with Crippen LogP contribution in [0.3, 0.4) is 0 Å². The molecule has 3 aromatic rings. The molecule has 7 nitrogen and oxygen atoms in total. The van der Waals surface area contributed by atoms with Gasteiger partial charge >= 0.3 is 5.97 Å². The van der Waals surface area contributed by atoms with Crippen LogP contribution in [0.25, 0.3) is 10.9 Å². The molecule has 9 heteroatoms. The van der Waals surface area contributed by atoms with Crippen molar-refractivity contribution in [3.63, 3.8) is 0 Å². The van der Waals surface area contributed by atoms with Crippen molar-refractivity contribution in [2.24, 2.45) is 0 Å². The number of carbonyl (C=O) groups is 1. The molecule has 0 aliphatic rings. The lowest BCUT2D eigenvalue weighted by Crippen LogP contribution is -2.11. The second-order valence-electron chi connectivity index (χ2n) is 5.07. The van der Waals surface area contributed by atoms with E-state index in [1.165, 1.54) is 24.3 Å². The highest BCUT2D eigenvalue weighted by Gasteiger charge is 2.21. The van der Waals surface area contributed by atoms with E-state index in [9.17, 15) is 14.9 Å². The Morgan fingerprint density at radius 1 is 1.28 bits per heavy atom. The van der Waals surface area contributed by atoms with E-state index in [1.54, 1.807) is 16.8 Å². The first-order valence-electron chi connectivity index (χ1n) is 7.23. The average molecular weight is 380 g/mol. The van der Waals surface area contributed by atoms with Gasteiger partial charge in [-0.05, 0) is 25.1 Å². The number of carbonyl (C=O) groups excluding carboxylic acids is 1. The molecule has 25 heavy (non-hydrogen) atoms. The number of aryl methyl sites for hydroxylation is 1. The summed E-state index contributed by atoms with van der Waals surface area (Å²) >= 11 is 12.0. The summed E-state index contributed by atoms with van der Waals surface area (Å²) in [4.78, 5) is 22.9. The van der Waals surface area contributed by atoms with E-state index in [2.05, 4.69) is 5.10 Å². The van der Waals surface area contributed by atoms with Gasteiger partial charge in [-0.1, -0.05) is 29.3 Å². The molecule has 3 rings (SSSR count). The number of hydrogen-bond acceptors (Lipinski definition) is 5. The maximum Gasteiger partial charge on any atom is 0.347 e. The molecular weight excluding hydrogens is 369 g/mol. The van der Waals surface area contributed by atoms with E-state index in [1.807, 2.05) is 6.92 Å². The van der Waals surface area contributed by atoms with Crippen molar-refractivity contribution >= 4 is 45.8 Å². The van der Waals surface area contributed by atoms with E-state index in [0.29, 0.717) is 17.4 Å². The summed E-state index contributed by atoms with van der Waals surface area (Å²) in [7, 11) is 0. The lowest BCUT2D eigenvalue weighted by molar-refractivity contribution is -0.384. The Morgan fingerprint density at radius 2 is 1.96 bits per heavy atom. The minimum absolute atomic E-state index is 0.00969. The standard InChI is InChI=1S/C16H11Cl2N3O4/c1-2-20-13-7-6-9(21(23)24)8-10(13)15(19-20)25-16(22)14-11(17)4-3-5-12(14)18/h3-8H,2H2,1H3. The fourth-order valence-corrected chi connectivity index (χ4v) is 2.95. The van der Waals surface area contributed by atoms with Crippen LogP contribution in [0.1, 0.15) is 17.3 Å². The van der Waals surface area contributed by atoms with Crippen LogP contribution in [-0.4, -0.2) is 20.7 Å². The van der Waals surface area contributed by atoms with Crippen molar-refractivity contribution in [2.45, 2.75) is 13.5 Å². The van der Waals surface area contributed by atoms with Gasteiger partial charge < -0.3 is 4.74 Å². The lowest BCUT2D eigenvalue weighted by Gasteiger charge is -2.05. The fraction of sp³-hybridized carbons (Fsp3) is 0.125. The molecule has 0 amide bonds. The first-order valence-corrected chi connectivity index (χ1v) is 7.99. The minimum atomic E-state index is -0.787. The molecule has 0 bridgehead atoms. The molecule has 0 saturated heterocycles. The number of benzene rings is 2. The van der Waals surface area contributed by atoms with E-state index in [0.717, 1.165) is 0 Å². The van der Waals surface area contributed by atoms with Gasteiger partial charge in [0.15, 0.2) is 0 Å². The maximum atomic E-state index is 12.4. The zero-order valence-corrected chi connectivity index (χ0v) is 14.4. The summed E-state index contributed by atoms with van der Waals surface area (Å²) in [5.74, 6) is -0.828. The summed E-state index contributed by atoms with van der Waals surface area (Å²) in [6, 6.07) is 8.86. The van der Waals surface area contributed by atoms with E-state index < -0.39 is 10.9 Å². The third-order valence-corrected chi connectivity index (χ3v) is 4.20. The van der Waals surface area contributed by atoms with Crippen molar-refractivity contribution in [2.75, 3.05) is 0 Å². The monoisotopic (exact) mass is 379 g/mol. The third kappa shape index (κ3) is 3.16. The number of ether oxygens (including phenoxy) is 1. The molecule has 1 heterocycles. The van der Waals surface area contributed by atoms with Crippen LogP contribution in [0.15, 0.2) is 36.4 Å². The average Bonchev–Trinajstić information content (AvgIpc) is 2.91. The van der Waals surface area contributed by atoms with Crippen LogP contribution >= 0.6 is 23.2 Å². The quantitative estimate of drug-likeness (QED) is 0.378. The van der Waals surface area contributed by atoms with Crippen molar-refractivity contribution in [3.8, 4) is 5.88 Å². The predicted molar refractivity (Wildman–Crippen MR) is 93.5 cm³/mol. The smallest absolute Gasteiger partial charge is 0.347 e. The van der Waals surface area contributed by atoms with Gasteiger partial charge in [-0.3, -0.25) is 14.8 Å². The van der Waals surface area contributed by atoms with Gasteiger partial charge in [0.25, 0.3) is 5.69 Å². The highest BCUT2D eigenvalue weighted by molar-refractivity contribution is 6.39. The molecule has 0 atom stereocenters. The van der Waals surface area contributed by atoms with Crippen LogP contribution in [0, 0.1) is 10.1 Å². The molecule has 0 saturated carbocycles. The van der Waals surface area contributed by atoms with Crippen LogP contribution in [0.4, 0.5) is 5.69 Å². The molecule has 1 aromatic heterocycles.